The highest BCUT2D eigenvalue weighted by atomic mass is 32.2. The Morgan fingerprint density at radius 2 is 2.10 bits per heavy atom. The van der Waals surface area contributed by atoms with Gasteiger partial charge in [0.05, 0.1) is 23.5 Å². The van der Waals surface area contributed by atoms with Crippen LogP contribution in [-0.2, 0) is 14.8 Å². The molecule has 0 atom stereocenters. The third-order valence-electron chi connectivity index (χ3n) is 2.49. The lowest BCUT2D eigenvalue weighted by atomic mass is 10.2. The fourth-order valence-electron chi connectivity index (χ4n) is 1.53. The molecule has 0 fully saturated rings. The van der Waals surface area contributed by atoms with E-state index >= 15 is 0 Å². The topological polar surface area (TPSA) is 117 Å². The molecule has 108 valence electrons. The minimum absolute atomic E-state index is 0.169. The second-order valence-electron chi connectivity index (χ2n) is 4.71. The largest absolute Gasteiger partial charge is 0.310 e. The van der Waals surface area contributed by atoms with Crippen molar-refractivity contribution in [1.82, 2.24) is 15.2 Å². The van der Waals surface area contributed by atoms with E-state index in [1.165, 1.54) is 6.20 Å². The van der Waals surface area contributed by atoms with Crippen LogP contribution in [-0.4, -0.2) is 35.8 Å². The van der Waals surface area contributed by atoms with Crippen LogP contribution in [0.15, 0.2) is 12.3 Å². The molecule has 9 heteroatoms. The maximum atomic E-state index is 11.7. The Balaban J connectivity index is 2.37. The Kier molecular flexibility index (Phi) is 3.62. The van der Waals surface area contributed by atoms with Gasteiger partial charge in [0.2, 0.25) is 15.9 Å². The number of rotatable bonds is 4. The molecule has 0 saturated carbocycles. The van der Waals surface area contributed by atoms with E-state index in [2.05, 4.69) is 25.2 Å². The first-order valence-electron chi connectivity index (χ1n) is 5.89. The molecule has 0 radical (unpaired) electrons. The molecule has 0 aromatic carbocycles. The number of nitrogens with zero attached hydrogens (tertiary/aromatic N) is 2. The predicted molar refractivity (Wildman–Crippen MR) is 75.8 cm³/mol. The van der Waals surface area contributed by atoms with E-state index in [4.69, 9.17) is 0 Å². The van der Waals surface area contributed by atoms with Crippen molar-refractivity contribution in [2.75, 3.05) is 16.3 Å². The lowest BCUT2D eigenvalue weighted by Crippen LogP contribution is -2.18. The summed E-state index contributed by atoms with van der Waals surface area (Å²) < 4.78 is 24.7. The van der Waals surface area contributed by atoms with Crippen molar-refractivity contribution in [2.45, 2.75) is 13.8 Å². The number of aromatic nitrogens is 3. The number of H-pyrrole nitrogens is 1. The number of carbonyl (C=O) groups is 1. The number of sulfonamides is 1. The smallest absolute Gasteiger partial charge is 0.229 e. The molecule has 0 aliphatic carbocycles. The van der Waals surface area contributed by atoms with Crippen LogP contribution >= 0.6 is 0 Å². The molecule has 0 bridgehead atoms. The highest BCUT2D eigenvalue weighted by molar-refractivity contribution is 7.92. The quantitative estimate of drug-likeness (QED) is 0.776. The lowest BCUT2D eigenvalue weighted by Gasteiger charge is -2.06. The van der Waals surface area contributed by atoms with Crippen LogP contribution in [0.25, 0.3) is 11.0 Å². The zero-order valence-corrected chi connectivity index (χ0v) is 12.1. The van der Waals surface area contributed by atoms with Gasteiger partial charge in [0.25, 0.3) is 0 Å². The highest BCUT2D eigenvalue weighted by Crippen LogP contribution is 2.22. The van der Waals surface area contributed by atoms with E-state index in [0.29, 0.717) is 22.5 Å². The van der Waals surface area contributed by atoms with Crippen molar-refractivity contribution < 1.29 is 13.2 Å². The molecule has 20 heavy (non-hydrogen) atoms. The molecule has 0 spiro atoms. The van der Waals surface area contributed by atoms with E-state index < -0.39 is 10.0 Å². The predicted octanol–water partition coefficient (Wildman–Crippen LogP) is 0.924. The van der Waals surface area contributed by atoms with Gasteiger partial charge >= 0.3 is 0 Å². The maximum absolute atomic E-state index is 11.7. The van der Waals surface area contributed by atoms with E-state index in [1.807, 2.05) is 0 Å². The highest BCUT2D eigenvalue weighted by Gasteiger charge is 2.13. The molecular weight excluding hydrogens is 282 g/mol. The van der Waals surface area contributed by atoms with Crippen molar-refractivity contribution in [2.24, 2.45) is 5.92 Å². The molecule has 0 aliphatic rings. The van der Waals surface area contributed by atoms with Gasteiger partial charge in [0.15, 0.2) is 5.65 Å². The third-order valence-corrected chi connectivity index (χ3v) is 3.09. The van der Waals surface area contributed by atoms with Crippen LogP contribution < -0.4 is 10.0 Å². The molecule has 2 rings (SSSR count). The minimum atomic E-state index is -3.39. The van der Waals surface area contributed by atoms with Crippen LogP contribution in [0.2, 0.25) is 0 Å². The summed E-state index contributed by atoms with van der Waals surface area (Å²) in [5.74, 6) is 0.0408. The van der Waals surface area contributed by atoms with Crippen LogP contribution in [0.1, 0.15) is 13.8 Å². The fourth-order valence-corrected chi connectivity index (χ4v) is 2.07. The summed E-state index contributed by atoms with van der Waals surface area (Å²) in [6.07, 6.45) is 2.41. The lowest BCUT2D eigenvalue weighted by molar-refractivity contribution is -0.118. The van der Waals surface area contributed by atoms with Crippen LogP contribution in [0.3, 0.4) is 0 Å². The standard InChI is InChI=1S/C11H15N5O3S/c1-6(2)11(17)13-10-8-4-7(16-20(3,18)19)5-12-9(8)14-15-10/h4-6,16H,1-3H3,(H2,12,13,14,15,17). The van der Waals surface area contributed by atoms with Gasteiger partial charge in [-0.3, -0.25) is 14.6 Å². The number of carbonyl (C=O) groups excluding carboxylic acids is 1. The summed E-state index contributed by atoms with van der Waals surface area (Å²) in [4.78, 5) is 15.7. The van der Waals surface area contributed by atoms with Gasteiger partial charge in [-0.05, 0) is 6.07 Å². The first kappa shape index (κ1) is 14.3. The number of amides is 1. The van der Waals surface area contributed by atoms with Crippen molar-refractivity contribution in [1.29, 1.82) is 0 Å². The number of fused-ring (bicyclic) bond motifs is 1. The fraction of sp³-hybridized carbons (Fsp3) is 0.364. The average Bonchev–Trinajstić information content (AvgIpc) is 2.70. The van der Waals surface area contributed by atoms with Gasteiger partial charge in [-0.2, -0.15) is 5.10 Å². The molecule has 2 aromatic rings. The molecule has 0 saturated heterocycles. The average molecular weight is 297 g/mol. The summed E-state index contributed by atoms with van der Waals surface area (Å²) in [6.45, 7) is 3.53. The number of nitrogens with one attached hydrogen (secondary N) is 3. The summed E-state index contributed by atoms with van der Waals surface area (Å²) in [6, 6.07) is 1.56. The number of pyridine rings is 1. The van der Waals surface area contributed by atoms with Gasteiger partial charge in [-0.1, -0.05) is 13.8 Å². The Morgan fingerprint density at radius 3 is 2.70 bits per heavy atom. The molecular formula is C11H15N5O3S. The van der Waals surface area contributed by atoms with Gasteiger partial charge in [-0.25, -0.2) is 13.4 Å². The first-order valence-corrected chi connectivity index (χ1v) is 7.78. The molecule has 2 aromatic heterocycles. The summed E-state index contributed by atoms with van der Waals surface area (Å²) in [5.41, 5.74) is 0.699. The molecule has 8 nitrogen and oxygen atoms in total. The zero-order valence-electron chi connectivity index (χ0n) is 11.3. The molecule has 2 heterocycles. The Bertz CT molecular complexity index is 751. The zero-order chi connectivity index (χ0) is 14.9. The molecule has 3 N–H and O–H groups in total. The van der Waals surface area contributed by atoms with E-state index in [9.17, 15) is 13.2 Å². The number of hydrogen-bond donors (Lipinski definition) is 3. The van der Waals surface area contributed by atoms with Gasteiger partial charge < -0.3 is 5.32 Å². The van der Waals surface area contributed by atoms with Crippen molar-refractivity contribution in [3.8, 4) is 0 Å². The second kappa shape index (κ2) is 5.08. The minimum Gasteiger partial charge on any atom is -0.310 e. The van der Waals surface area contributed by atoms with Crippen molar-refractivity contribution in [3.05, 3.63) is 12.3 Å². The number of anilines is 2. The SMILES string of the molecule is CC(C)C(=O)Nc1[nH]nc2ncc(NS(C)(=O)=O)cc12. The first-order chi connectivity index (χ1) is 9.26. The number of aromatic amines is 1. The van der Waals surface area contributed by atoms with Gasteiger partial charge in [0, 0.05) is 5.92 Å². The summed E-state index contributed by atoms with van der Waals surface area (Å²) in [7, 11) is -3.39. The number of hydrogen-bond acceptors (Lipinski definition) is 5. The Hall–Kier alpha value is -2.16. The van der Waals surface area contributed by atoms with Crippen molar-refractivity contribution in [3.63, 3.8) is 0 Å². The Labute approximate surface area is 116 Å². The molecule has 1 amide bonds. The maximum Gasteiger partial charge on any atom is 0.229 e. The van der Waals surface area contributed by atoms with Crippen LogP contribution in [0.5, 0.6) is 0 Å². The molecule has 0 unspecified atom stereocenters. The molecule has 0 aliphatic heterocycles. The summed E-state index contributed by atoms with van der Waals surface area (Å²) >= 11 is 0. The second-order valence-corrected chi connectivity index (χ2v) is 6.46. The normalized spacial score (nSPS) is 11.8. The van der Waals surface area contributed by atoms with E-state index in [-0.39, 0.29) is 11.8 Å². The van der Waals surface area contributed by atoms with E-state index in [0.717, 1.165) is 6.26 Å². The van der Waals surface area contributed by atoms with Crippen LogP contribution in [0, 0.1) is 5.92 Å². The Morgan fingerprint density at radius 1 is 1.40 bits per heavy atom. The summed E-state index contributed by atoms with van der Waals surface area (Å²) in [5, 5.41) is 9.82. The van der Waals surface area contributed by atoms with Crippen molar-refractivity contribution >= 4 is 38.5 Å². The van der Waals surface area contributed by atoms with Crippen LogP contribution in [0.4, 0.5) is 11.5 Å². The van der Waals surface area contributed by atoms with E-state index in [1.54, 1.807) is 19.9 Å². The third kappa shape index (κ3) is 3.23. The van der Waals surface area contributed by atoms with Gasteiger partial charge in [-0.15, -0.1) is 0 Å². The monoisotopic (exact) mass is 297 g/mol. The van der Waals surface area contributed by atoms with Gasteiger partial charge in [0.1, 0.15) is 5.82 Å².